The molecule has 5 aliphatic heterocycles. The summed E-state index contributed by atoms with van der Waals surface area (Å²) in [5.41, 5.74) is 0. The number of aliphatic carboxylic acids is 1. The number of hydrogen-bond acceptors (Lipinski definition) is 30. The molecule has 5 aliphatic rings. The van der Waals surface area contributed by atoms with E-state index in [0.717, 1.165) is 65.2 Å². The Kier molecular flexibility index (Phi) is 47.0. The topological polar surface area (TPSA) is 541 Å². The number of aliphatic hydroxyl groups excluding tert-OH is 16. The molecule has 0 aromatic rings. The summed E-state index contributed by atoms with van der Waals surface area (Å²) in [7, 11) is 0. The molecule has 28 atom stereocenters. The van der Waals surface area contributed by atoms with Crippen LogP contribution in [0, 0.1) is 0 Å². The maximum absolute atomic E-state index is 13.6. The Labute approximate surface area is 653 Å². The summed E-state index contributed by atoms with van der Waals surface area (Å²) in [6.45, 7) is 0.737. The highest BCUT2D eigenvalue weighted by Crippen LogP contribution is 2.38. The molecule has 0 aromatic heterocycles. The van der Waals surface area contributed by atoms with Gasteiger partial charge in [-0.05, 0) is 19.3 Å². The number of carbonyl (C=O) groups excluding carboxylic acids is 3. The van der Waals surface area contributed by atoms with E-state index in [0.29, 0.717) is 12.8 Å². The fourth-order valence-corrected chi connectivity index (χ4v) is 14.9. The Hall–Kier alpha value is -3.42. The molecule has 648 valence electrons. The van der Waals surface area contributed by atoms with Crippen LogP contribution >= 0.6 is 0 Å². The van der Waals surface area contributed by atoms with Gasteiger partial charge in [-0.25, -0.2) is 4.79 Å². The van der Waals surface area contributed by atoms with Gasteiger partial charge < -0.3 is 150 Å². The number of allylic oxidation sites excluding steroid dienone is 1. The van der Waals surface area contributed by atoms with Gasteiger partial charge in [0.2, 0.25) is 17.7 Å². The second-order valence-corrected chi connectivity index (χ2v) is 30.7. The van der Waals surface area contributed by atoms with Gasteiger partial charge in [-0.2, -0.15) is 0 Å². The molecule has 5 saturated heterocycles. The highest BCUT2D eigenvalue weighted by Gasteiger charge is 2.59. The number of amides is 3. The highest BCUT2D eigenvalue weighted by atomic mass is 16.8. The van der Waals surface area contributed by atoms with E-state index in [1.54, 1.807) is 6.08 Å². The van der Waals surface area contributed by atoms with E-state index in [1.807, 2.05) is 6.08 Å². The lowest BCUT2D eigenvalue weighted by molar-refractivity contribution is -0.382. The van der Waals surface area contributed by atoms with Crippen molar-refractivity contribution >= 4 is 23.7 Å². The molecular formula is C77H139N3O31. The van der Waals surface area contributed by atoms with Crippen molar-refractivity contribution in [2.75, 3.05) is 39.6 Å². The van der Waals surface area contributed by atoms with E-state index in [1.165, 1.54) is 135 Å². The van der Waals surface area contributed by atoms with Crippen molar-refractivity contribution in [1.82, 2.24) is 16.0 Å². The van der Waals surface area contributed by atoms with Crippen LogP contribution in [0.15, 0.2) is 12.2 Å². The summed E-state index contributed by atoms with van der Waals surface area (Å²) in [6.07, 6.45) is -8.53. The SMILES string of the molecule is CCCCCCCCCCCCC/C=C/[C@@H](O)[C@H](CO[C@@H]1OC(CO)[C@@H](O[C@@H]2OC(CO)[C@H](O)[C@H](O[C@@H]3OC(CO)[C@@H](O)[C@H](O[C@@H]4OC(CO[C@]5(C(=O)O)CC(O)[C@@H](NC(C)=O)C([C@H](O)[C@H](O)CO)O5)[C@H](O)[C@H](O)C4O)C3NC(C)=O)C2O)[C@H](O)C1O)NC(=O)CCCCCCCCCCCCCCCCCCCCC. The molecule has 0 radical (unpaired) electrons. The molecule has 0 saturated carbocycles. The minimum absolute atomic E-state index is 0.172. The predicted octanol–water partition coefficient (Wildman–Crippen LogP) is 0.518. The Bertz CT molecular complexity index is 2580. The Balaban J connectivity index is 1.23. The smallest absolute Gasteiger partial charge is 0.364 e. The monoisotopic (exact) mass is 1600 g/mol. The van der Waals surface area contributed by atoms with E-state index in [4.69, 9.17) is 47.4 Å². The quantitative estimate of drug-likeness (QED) is 0.0291. The van der Waals surface area contributed by atoms with Crippen molar-refractivity contribution in [3.8, 4) is 0 Å². The fraction of sp³-hybridized carbons (Fsp3) is 0.922. The number of carboxylic acid groups (broad SMARTS) is 1. The van der Waals surface area contributed by atoms with Gasteiger partial charge in [0, 0.05) is 26.7 Å². The number of carboxylic acids is 1. The van der Waals surface area contributed by atoms with Crippen molar-refractivity contribution in [2.24, 2.45) is 0 Å². The van der Waals surface area contributed by atoms with Crippen LogP contribution in [0.1, 0.15) is 240 Å². The fourth-order valence-electron chi connectivity index (χ4n) is 14.9. The molecule has 0 bridgehead atoms. The number of unbranched alkanes of at least 4 members (excludes halogenated alkanes) is 29. The maximum atomic E-state index is 13.6. The summed E-state index contributed by atoms with van der Waals surface area (Å²) in [5.74, 6) is -7.01. The largest absolute Gasteiger partial charge is 0.477 e. The molecule has 0 aliphatic carbocycles. The minimum atomic E-state index is -3.00. The normalized spacial score (nSPS) is 33.8. The number of ether oxygens (including phenoxy) is 10. The first-order valence-corrected chi connectivity index (χ1v) is 41.1. The van der Waals surface area contributed by atoms with Crippen molar-refractivity contribution in [3.63, 3.8) is 0 Å². The van der Waals surface area contributed by atoms with Crippen LogP contribution in [0.2, 0.25) is 0 Å². The van der Waals surface area contributed by atoms with Crippen LogP contribution in [0.4, 0.5) is 0 Å². The van der Waals surface area contributed by atoms with E-state index >= 15 is 0 Å². The zero-order chi connectivity index (χ0) is 81.6. The third kappa shape index (κ3) is 31.8. The van der Waals surface area contributed by atoms with Gasteiger partial charge in [0.15, 0.2) is 25.2 Å². The van der Waals surface area contributed by atoms with E-state index in [9.17, 15) is 106 Å². The van der Waals surface area contributed by atoms with Crippen LogP contribution in [0.3, 0.4) is 0 Å². The summed E-state index contributed by atoms with van der Waals surface area (Å²) in [4.78, 5) is 51.6. The van der Waals surface area contributed by atoms with Gasteiger partial charge in [0.1, 0.15) is 116 Å². The Morgan fingerprint density at radius 2 is 0.910 bits per heavy atom. The molecule has 20 N–H and O–H groups in total. The molecule has 111 heavy (non-hydrogen) atoms. The second kappa shape index (κ2) is 53.1. The van der Waals surface area contributed by atoms with Crippen LogP contribution in [-0.2, 0) is 66.5 Å². The first kappa shape index (κ1) is 98.2. The number of hydrogen-bond donors (Lipinski definition) is 20. The van der Waals surface area contributed by atoms with Gasteiger partial charge in [-0.1, -0.05) is 206 Å². The zero-order valence-corrected chi connectivity index (χ0v) is 65.6. The van der Waals surface area contributed by atoms with Crippen molar-refractivity contribution < 1.29 is 153 Å². The highest BCUT2D eigenvalue weighted by molar-refractivity contribution is 5.77. The Morgan fingerprint density at radius 1 is 0.477 bits per heavy atom. The first-order chi connectivity index (χ1) is 53.2. The molecular weight excluding hydrogens is 1460 g/mol. The molecule has 5 heterocycles. The molecule has 34 nitrogen and oxygen atoms in total. The van der Waals surface area contributed by atoms with Gasteiger partial charge >= 0.3 is 5.97 Å². The summed E-state index contributed by atoms with van der Waals surface area (Å²) < 4.78 is 58.8. The van der Waals surface area contributed by atoms with Gasteiger partial charge in [-0.3, -0.25) is 14.4 Å². The third-order valence-corrected chi connectivity index (χ3v) is 21.6. The lowest BCUT2D eigenvalue weighted by Crippen LogP contribution is -2.70. The summed E-state index contributed by atoms with van der Waals surface area (Å²) >= 11 is 0. The minimum Gasteiger partial charge on any atom is -0.477 e. The molecule has 34 heteroatoms. The lowest BCUT2D eigenvalue weighted by atomic mass is 9.88. The van der Waals surface area contributed by atoms with Crippen LogP contribution in [0.25, 0.3) is 0 Å². The van der Waals surface area contributed by atoms with Gasteiger partial charge in [0.05, 0.1) is 63.9 Å². The average molecular weight is 1600 g/mol. The molecule has 5 fully saturated rings. The van der Waals surface area contributed by atoms with E-state index < -0.39 is 235 Å². The van der Waals surface area contributed by atoms with E-state index in [2.05, 4.69) is 29.8 Å². The average Bonchev–Trinajstić information content (AvgIpc) is 0.769. The zero-order valence-electron chi connectivity index (χ0n) is 65.6. The molecule has 5 rings (SSSR count). The number of rotatable bonds is 56. The molecule has 0 spiro atoms. The van der Waals surface area contributed by atoms with Crippen LogP contribution < -0.4 is 16.0 Å². The first-order valence-electron chi connectivity index (χ1n) is 41.1. The lowest BCUT2D eigenvalue weighted by Gasteiger charge is -2.50. The number of nitrogens with one attached hydrogen (secondary N) is 3. The predicted molar refractivity (Wildman–Crippen MR) is 397 cm³/mol. The standard InChI is InChI=1S/C77H139N3O31/c1-5-7-9-11-13-15-17-19-20-21-22-23-24-26-28-30-32-34-36-38-56(90)80-48(49(87)37-35-33-31-29-27-25-18-16-14-12-10-8-6-2)44-102-73-66(98)64(96)68(54(43-84)106-73)108-75-67(99)71(62(94)53(42-83)105-75)110-72-58(79-47(4)86)69(61(93)52(41-82)104-72)109-74-65(97)63(95)60(92)55(107-74)45-103-77(76(100)101)39-50(88)57(78-46(3)85)70(111-77)59(91)51(89)40-81/h35,37,48-55,57-75,81-84,87-89,91-99H,5-34,36,38-45H2,1-4H3,(H,78,85)(H,79,86)(H,80,90)(H,100,101)/b37-35+/t48-,49+,50?,51+,52?,53?,54?,55?,57+,58?,59+,60-,61+,62-,63-,64+,65?,66?,67?,68+,69+,70?,71-,72-,73+,74-,75-,77+/m0/s1. The van der Waals surface area contributed by atoms with Gasteiger partial charge in [0.25, 0.3) is 5.79 Å². The second-order valence-electron chi connectivity index (χ2n) is 30.7. The van der Waals surface area contributed by atoms with Crippen molar-refractivity contribution in [2.45, 2.75) is 411 Å². The maximum Gasteiger partial charge on any atom is 0.364 e. The van der Waals surface area contributed by atoms with Crippen molar-refractivity contribution in [1.29, 1.82) is 0 Å². The van der Waals surface area contributed by atoms with Gasteiger partial charge in [-0.15, -0.1) is 0 Å². The van der Waals surface area contributed by atoms with Crippen LogP contribution in [-0.4, -0.2) is 321 Å². The summed E-state index contributed by atoms with van der Waals surface area (Å²) in [6, 6.07) is -4.54. The van der Waals surface area contributed by atoms with Crippen molar-refractivity contribution in [3.05, 3.63) is 12.2 Å². The molecule has 0 aromatic carbocycles. The number of aliphatic hydroxyl groups is 16. The Morgan fingerprint density at radius 3 is 1.41 bits per heavy atom. The summed E-state index contributed by atoms with van der Waals surface area (Å²) in [5, 5.41) is 196. The third-order valence-electron chi connectivity index (χ3n) is 21.6. The number of carbonyl (C=O) groups is 4. The van der Waals surface area contributed by atoms with Crippen LogP contribution in [0.5, 0.6) is 0 Å². The van der Waals surface area contributed by atoms with E-state index in [-0.39, 0.29) is 12.3 Å². The molecule has 10 unspecified atom stereocenters. The molecule has 3 amide bonds.